The number of carbonyl (C=O) groups is 1. The Labute approximate surface area is 119 Å². The minimum Gasteiger partial charge on any atom is -0.481 e. The standard InChI is InChI=1S/C14H24N2O4/c1-7-20-14(18)10(8(2)3)12(17)11-9(4)15-16(5)13(11)19-6/h8,10,12,17H,7H2,1-6H3. The Hall–Kier alpha value is -1.56. The van der Waals surface area contributed by atoms with E-state index in [1.807, 2.05) is 13.8 Å². The molecule has 0 fully saturated rings. The molecule has 0 aliphatic heterocycles. The van der Waals surface area contributed by atoms with Crippen molar-refractivity contribution in [2.75, 3.05) is 13.7 Å². The number of hydrogen-bond acceptors (Lipinski definition) is 5. The van der Waals surface area contributed by atoms with E-state index in [9.17, 15) is 9.90 Å². The molecule has 0 radical (unpaired) electrons. The van der Waals surface area contributed by atoms with Gasteiger partial charge in [0.25, 0.3) is 0 Å². The summed E-state index contributed by atoms with van der Waals surface area (Å²) in [6.45, 7) is 7.57. The Kier molecular flexibility index (Phi) is 5.56. The molecule has 0 saturated carbocycles. The summed E-state index contributed by atoms with van der Waals surface area (Å²) in [6, 6.07) is 0. The fourth-order valence-electron chi connectivity index (χ4n) is 2.42. The van der Waals surface area contributed by atoms with Crippen molar-refractivity contribution in [3.05, 3.63) is 11.3 Å². The molecule has 2 atom stereocenters. The number of carbonyl (C=O) groups excluding carboxylic acids is 1. The lowest BCUT2D eigenvalue weighted by atomic mass is 9.86. The van der Waals surface area contributed by atoms with Crippen molar-refractivity contribution in [3.63, 3.8) is 0 Å². The maximum atomic E-state index is 12.1. The van der Waals surface area contributed by atoms with E-state index in [1.54, 1.807) is 25.6 Å². The first kappa shape index (κ1) is 16.5. The molecule has 0 saturated heterocycles. The fourth-order valence-corrected chi connectivity index (χ4v) is 2.42. The van der Waals surface area contributed by atoms with Gasteiger partial charge in [0.2, 0.25) is 5.88 Å². The maximum Gasteiger partial charge on any atom is 0.312 e. The summed E-state index contributed by atoms with van der Waals surface area (Å²) < 4.78 is 11.9. The van der Waals surface area contributed by atoms with Crippen LogP contribution < -0.4 is 4.74 Å². The molecule has 1 rings (SSSR count). The van der Waals surface area contributed by atoms with Crippen LogP contribution >= 0.6 is 0 Å². The van der Waals surface area contributed by atoms with Crippen LogP contribution in [0.15, 0.2) is 0 Å². The van der Waals surface area contributed by atoms with Gasteiger partial charge in [-0.25, -0.2) is 4.68 Å². The van der Waals surface area contributed by atoms with Gasteiger partial charge in [0.15, 0.2) is 0 Å². The van der Waals surface area contributed by atoms with Gasteiger partial charge in [0, 0.05) is 7.05 Å². The summed E-state index contributed by atoms with van der Waals surface area (Å²) in [5.74, 6) is -0.648. The number of esters is 1. The summed E-state index contributed by atoms with van der Waals surface area (Å²) >= 11 is 0. The maximum absolute atomic E-state index is 12.1. The summed E-state index contributed by atoms with van der Waals surface area (Å²) in [4.78, 5) is 12.1. The quantitative estimate of drug-likeness (QED) is 0.803. The van der Waals surface area contributed by atoms with Gasteiger partial charge in [0.1, 0.15) is 0 Å². The Bertz CT molecular complexity index is 468. The van der Waals surface area contributed by atoms with Crippen molar-refractivity contribution in [2.45, 2.75) is 33.8 Å². The predicted molar refractivity (Wildman–Crippen MR) is 74.4 cm³/mol. The number of methoxy groups -OCH3 is 1. The van der Waals surface area contributed by atoms with Crippen molar-refractivity contribution >= 4 is 5.97 Å². The Morgan fingerprint density at radius 1 is 1.45 bits per heavy atom. The molecule has 0 amide bonds. The zero-order chi connectivity index (χ0) is 15.4. The second kappa shape index (κ2) is 6.74. The number of aliphatic hydroxyl groups excluding tert-OH is 1. The molecule has 1 heterocycles. The summed E-state index contributed by atoms with van der Waals surface area (Å²) in [5, 5.41) is 14.8. The molecule has 114 valence electrons. The molecule has 0 aromatic carbocycles. The fraction of sp³-hybridized carbons (Fsp3) is 0.714. The van der Waals surface area contributed by atoms with E-state index in [4.69, 9.17) is 9.47 Å². The summed E-state index contributed by atoms with van der Waals surface area (Å²) in [6.07, 6.45) is -1.00. The molecule has 0 spiro atoms. The van der Waals surface area contributed by atoms with Gasteiger partial charge in [-0.2, -0.15) is 5.10 Å². The van der Waals surface area contributed by atoms with Crippen LogP contribution in [-0.2, 0) is 16.6 Å². The van der Waals surface area contributed by atoms with E-state index in [1.165, 1.54) is 7.11 Å². The molecule has 0 aliphatic carbocycles. The van der Waals surface area contributed by atoms with E-state index in [0.29, 0.717) is 17.1 Å². The third-order valence-electron chi connectivity index (χ3n) is 3.32. The van der Waals surface area contributed by atoms with Crippen molar-refractivity contribution in [2.24, 2.45) is 18.9 Å². The van der Waals surface area contributed by atoms with E-state index in [0.717, 1.165) is 0 Å². The van der Waals surface area contributed by atoms with Crippen molar-refractivity contribution < 1.29 is 19.4 Å². The number of rotatable bonds is 6. The Morgan fingerprint density at radius 3 is 2.50 bits per heavy atom. The highest BCUT2D eigenvalue weighted by Crippen LogP contribution is 2.36. The van der Waals surface area contributed by atoms with Crippen LogP contribution in [0.4, 0.5) is 0 Å². The monoisotopic (exact) mass is 284 g/mol. The molecule has 0 bridgehead atoms. The average molecular weight is 284 g/mol. The third kappa shape index (κ3) is 3.12. The molecule has 20 heavy (non-hydrogen) atoms. The molecule has 6 heteroatoms. The molecule has 2 unspecified atom stereocenters. The Balaban J connectivity index is 3.19. The highest BCUT2D eigenvalue weighted by Gasteiger charge is 2.36. The zero-order valence-electron chi connectivity index (χ0n) is 13.0. The lowest BCUT2D eigenvalue weighted by Gasteiger charge is -2.24. The number of hydrogen-bond donors (Lipinski definition) is 1. The van der Waals surface area contributed by atoms with Crippen molar-refractivity contribution in [3.8, 4) is 5.88 Å². The van der Waals surface area contributed by atoms with Gasteiger partial charge < -0.3 is 14.6 Å². The van der Waals surface area contributed by atoms with Crippen molar-refractivity contribution in [1.82, 2.24) is 9.78 Å². The van der Waals surface area contributed by atoms with Gasteiger partial charge in [-0.05, 0) is 19.8 Å². The number of nitrogens with zero attached hydrogens (tertiary/aromatic N) is 2. The molecule has 0 aliphatic rings. The van der Waals surface area contributed by atoms with Crippen LogP contribution in [-0.4, -0.2) is 34.6 Å². The predicted octanol–water partition coefficient (Wildman–Crippen LogP) is 1.61. The van der Waals surface area contributed by atoms with E-state index >= 15 is 0 Å². The highest BCUT2D eigenvalue weighted by molar-refractivity contribution is 5.74. The van der Waals surface area contributed by atoms with Crippen LogP contribution in [0.2, 0.25) is 0 Å². The van der Waals surface area contributed by atoms with E-state index < -0.39 is 18.0 Å². The second-order valence-electron chi connectivity index (χ2n) is 5.10. The molecule has 1 N–H and O–H groups in total. The van der Waals surface area contributed by atoms with Crippen molar-refractivity contribution in [1.29, 1.82) is 0 Å². The lowest BCUT2D eigenvalue weighted by molar-refractivity contribution is -0.154. The second-order valence-corrected chi connectivity index (χ2v) is 5.10. The van der Waals surface area contributed by atoms with Gasteiger partial charge in [-0.3, -0.25) is 4.79 Å². The van der Waals surface area contributed by atoms with Crippen LogP contribution in [0.3, 0.4) is 0 Å². The molecular weight excluding hydrogens is 260 g/mol. The van der Waals surface area contributed by atoms with Crippen LogP contribution in [0.1, 0.15) is 38.1 Å². The smallest absolute Gasteiger partial charge is 0.312 e. The summed E-state index contributed by atoms with van der Waals surface area (Å²) in [5.41, 5.74) is 1.19. The topological polar surface area (TPSA) is 73.6 Å². The first-order valence-electron chi connectivity index (χ1n) is 6.77. The normalized spacial score (nSPS) is 14.2. The first-order valence-corrected chi connectivity index (χ1v) is 6.77. The lowest BCUT2D eigenvalue weighted by Crippen LogP contribution is -2.29. The molecule has 6 nitrogen and oxygen atoms in total. The number of aromatic nitrogens is 2. The van der Waals surface area contributed by atoms with Crippen LogP contribution in [0, 0.1) is 18.8 Å². The minimum absolute atomic E-state index is 0.0617. The number of ether oxygens (including phenoxy) is 2. The third-order valence-corrected chi connectivity index (χ3v) is 3.32. The number of aliphatic hydroxyl groups is 1. The van der Waals surface area contributed by atoms with Crippen LogP contribution in [0.25, 0.3) is 0 Å². The summed E-state index contributed by atoms with van der Waals surface area (Å²) in [7, 11) is 3.25. The van der Waals surface area contributed by atoms with Gasteiger partial charge in [-0.15, -0.1) is 0 Å². The van der Waals surface area contributed by atoms with Gasteiger partial charge >= 0.3 is 5.97 Å². The van der Waals surface area contributed by atoms with Crippen LogP contribution in [0.5, 0.6) is 5.88 Å². The minimum atomic E-state index is -1.00. The zero-order valence-corrected chi connectivity index (χ0v) is 13.0. The van der Waals surface area contributed by atoms with E-state index in [2.05, 4.69) is 5.10 Å². The molecule has 1 aromatic heterocycles. The first-order chi connectivity index (χ1) is 9.34. The SMILES string of the molecule is CCOC(=O)C(C(C)C)C(O)c1c(C)nn(C)c1OC. The number of aryl methyl sites for hydroxylation is 2. The van der Waals surface area contributed by atoms with Gasteiger partial charge in [-0.1, -0.05) is 13.8 Å². The molecular formula is C14H24N2O4. The largest absolute Gasteiger partial charge is 0.481 e. The highest BCUT2D eigenvalue weighted by atomic mass is 16.5. The molecule has 1 aromatic rings. The van der Waals surface area contributed by atoms with Gasteiger partial charge in [0.05, 0.1) is 37.0 Å². The average Bonchev–Trinajstić information content (AvgIpc) is 2.63. The van der Waals surface area contributed by atoms with E-state index in [-0.39, 0.29) is 12.5 Å². The Morgan fingerprint density at radius 2 is 2.05 bits per heavy atom.